The van der Waals surface area contributed by atoms with Crippen molar-refractivity contribution in [3.8, 4) is 11.5 Å². The number of hydrogen-bond donors (Lipinski definition) is 2. The average molecular weight is 492 g/mol. The maximum atomic E-state index is 13.9. The van der Waals surface area contributed by atoms with Gasteiger partial charge >= 0.3 is 0 Å². The van der Waals surface area contributed by atoms with Gasteiger partial charge in [0.15, 0.2) is 22.3 Å². The Morgan fingerprint density at radius 2 is 1.91 bits per heavy atom. The number of hydrogen-bond acceptors (Lipinski definition) is 4. The number of thiocarbonyl (C=S) groups is 1. The highest BCUT2D eigenvalue weighted by molar-refractivity contribution is 7.80. The molecule has 3 atom stereocenters. The summed E-state index contributed by atoms with van der Waals surface area (Å²) in [7, 11) is 1.58. The van der Waals surface area contributed by atoms with Gasteiger partial charge in [-0.3, -0.25) is 9.69 Å². The van der Waals surface area contributed by atoms with E-state index in [2.05, 4.69) is 10.6 Å². The van der Waals surface area contributed by atoms with Crippen LogP contribution in [0.5, 0.6) is 11.5 Å². The summed E-state index contributed by atoms with van der Waals surface area (Å²) in [5, 5.41) is 6.83. The van der Waals surface area contributed by atoms with E-state index in [1.807, 2.05) is 57.2 Å². The van der Waals surface area contributed by atoms with Gasteiger partial charge < -0.3 is 20.1 Å². The minimum atomic E-state index is -1.23. The summed E-state index contributed by atoms with van der Waals surface area (Å²) in [6.45, 7) is 5.80. The number of methoxy groups -OCH3 is 1. The first-order valence-corrected chi connectivity index (χ1v) is 11.7. The molecule has 0 aliphatic carbocycles. The van der Waals surface area contributed by atoms with Crippen LogP contribution in [0.25, 0.3) is 0 Å². The average Bonchev–Trinajstić information content (AvgIpc) is 2.81. The Kier molecular flexibility index (Phi) is 5.63. The van der Waals surface area contributed by atoms with Crippen molar-refractivity contribution >= 4 is 34.6 Å². The Labute approximate surface area is 209 Å². The SMILES string of the molecule is COc1cccc2c1OC1(C)C(C(=O)Nc3ccc(C)cc3C)C2NC(=S)N1c1ccc(F)cc1. The van der Waals surface area contributed by atoms with Gasteiger partial charge in [0.2, 0.25) is 5.91 Å². The molecule has 0 radical (unpaired) electrons. The maximum Gasteiger partial charge on any atom is 0.236 e. The van der Waals surface area contributed by atoms with Crippen LogP contribution in [0.15, 0.2) is 60.7 Å². The molecule has 2 bridgehead atoms. The largest absolute Gasteiger partial charge is 0.493 e. The van der Waals surface area contributed by atoms with Gasteiger partial charge in [0.1, 0.15) is 11.7 Å². The normalized spacial score (nSPS) is 22.5. The molecule has 35 heavy (non-hydrogen) atoms. The first-order chi connectivity index (χ1) is 16.7. The van der Waals surface area contributed by atoms with Crippen LogP contribution in [0.4, 0.5) is 15.8 Å². The topological polar surface area (TPSA) is 62.8 Å². The number of nitrogens with zero attached hydrogens (tertiary/aromatic N) is 1. The summed E-state index contributed by atoms with van der Waals surface area (Å²) in [6, 6.07) is 17.0. The Balaban J connectivity index is 1.64. The highest BCUT2D eigenvalue weighted by Crippen LogP contribution is 2.52. The van der Waals surface area contributed by atoms with Crippen molar-refractivity contribution in [1.82, 2.24) is 5.32 Å². The Bertz CT molecular complexity index is 1330. The van der Waals surface area contributed by atoms with Gasteiger partial charge in [-0.1, -0.05) is 29.8 Å². The zero-order valence-corrected chi connectivity index (χ0v) is 20.7. The molecule has 2 aliphatic rings. The molecule has 2 aliphatic heterocycles. The molecule has 0 aromatic heterocycles. The first-order valence-electron chi connectivity index (χ1n) is 11.3. The van der Waals surface area contributed by atoms with Crippen molar-refractivity contribution in [3.63, 3.8) is 0 Å². The molecule has 1 saturated heterocycles. The molecular weight excluding hydrogens is 465 g/mol. The number of aryl methyl sites for hydroxylation is 2. The smallest absolute Gasteiger partial charge is 0.236 e. The van der Waals surface area contributed by atoms with Crippen LogP contribution in [0.3, 0.4) is 0 Å². The number of para-hydroxylation sites is 1. The van der Waals surface area contributed by atoms with Crippen LogP contribution < -0.4 is 25.0 Å². The lowest BCUT2D eigenvalue weighted by Crippen LogP contribution is -2.72. The molecule has 1 amide bonds. The summed E-state index contributed by atoms with van der Waals surface area (Å²) >= 11 is 5.74. The van der Waals surface area contributed by atoms with Gasteiger partial charge in [0.25, 0.3) is 0 Å². The van der Waals surface area contributed by atoms with E-state index in [4.69, 9.17) is 21.7 Å². The molecule has 6 nitrogen and oxygen atoms in total. The van der Waals surface area contributed by atoms with Crippen LogP contribution in [0.1, 0.15) is 29.7 Å². The molecular formula is C27H26FN3O3S. The quantitative estimate of drug-likeness (QED) is 0.486. The summed E-state index contributed by atoms with van der Waals surface area (Å²) in [5.74, 6) is -0.200. The summed E-state index contributed by atoms with van der Waals surface area (Å²) in [5.41, 5.74) is 2.97. The molecule has 5 rings (SSSR count). The number of rotatable bonds is 4. The van der Waals surface area contributed by atoms with Crippen molar-refractivity contribution in [1.29, 1.82) is 0 Å². The van der Waals surface area contributed by atoms with E-state index >= 15 is 0 Å². The fourth-order valence-corrected chi connectivity index (χ4v) is 5.49. The third-order valence-electron chi connectivity index (χ3n) is 6.72. The molecule has 1 fully saturated rings. The lowest BCUT2D eigenvalue weighted by atomic mass is 9.78. The predicted octanol–water partition coefficient (Wildman–Crippen LogP) is 5.25. The van der Waals surface area contributed by atoms with Crippen molar-refractivity contribution in [3.05, 3.63) is 83.2 Å². The molecule has 8 heteroatoms. The van der Waals surface area contributed by atoms with E-state index in [1.54, 1.807) is 24.1 Å². The number of fused-ring (bicyclic) bond motifs is 4. The van der Waals surface area contributed by atoms with Gasteiger partial charge in [0, 0.05) is 16.9 Å². The number of carbonyl (C=O) groups excluding carboxylic acids is 1. The monoisotopic (exact) mass is 491 g/mol. The van der Waals surface area contributed by atoms with E-state index in [9.17, 15) is 9.18 Å². The Morgan fingerprint density at radius 3 is 2.60 bits per heavy atom. The lowest BCUT2D eigenvalue weighted by molar-refractivity contribution is -0.130. The van der Waals surface area contributed by atoms with E-state index in [0.717, 1.165) is 22.4 Å². The highest BCUT2D eigenvalue weighted by atomic mass is 32.1. The third-order valence-corrected chi connectivity index (χ3v) is 7.02. The lowest BCUT2D eigenvalue weighted by Gasteiger charge is -2.56. The molecule has 2 heterocycles. The zero-order chi connectivity index (χ0) is 24.9. The molecule has 0 saturated carbocycles. The zero-order valence-electron chi connectivity index (χ0n) is 19.9. The van der Waals surface area contributed by atoms with Gasteiger partial charge in [-0.15, -0.1) is 0 Å². The Hall–Kier alpha value is -3.65. The van der Waals surface area contributed by atoms with Gasteiger partial charge in [-0.05, 0) is 75.0 Å². The fourth-order valence-electron chi connectivity index (χ4n) is 5.07. The first kappa shape index (κ1) is 23.1. The van der Waals surface area contributed by atoms with Crippen molar-refractivity contribution in [2.24, 2.45) is 5.92 Å². The van der Waals surface area contributed by atoms with Crippen LogP contribution in [0.2, 0.25) is 0 Å². The van der Waals surface area contributed by atoms with E-state index < -0.39 is 17.7 Å². The molecule has 3 unspecified atom stereocenters. The maximum absolute atomic E-state index is 13.9. The van der Waals surface area contributed by atoms with E-state index in [-0.39, 0.29) is 11.7 Å². The predicted molar refractivity (Wildman–Crippen MR) is 137 cm³/mol. The third kappa shape index (κ3) is 3.78. The number of anilines is 2. The van der Waals surface area contributed by atoms with Crippen LogP contribution in [0, 0.1) is 25.6 Å². The minimum absolute atomic E-state index is 0.222. The van der Waals surface area contributed by atoms with Crippen molar-refractivity contribution < 1.29 is 18.7 Å². The number of ether oxygens (including phenoxy) is 2. The second kappa shape index (κ2) is 8.53. The number of benzene rings is 3. The molecule has 3 aromatic carbocycles. The van der Waals surface area contributed by atoms with Crippen molar-refractivity contribution in [2.75, 3.05) is 17.3 Å². The minimum Gasteiger partial charge on any atom is -0.493 e. The van der Waals surface area contributed by atoms with Gasteiger partial charge in [-0.2, -0.15) is 0 Å². The summed E-state index contributed by atoms with van der Waals surface area (Å²) in [4.78, 5) is 15.7. The Morgan fingerprint density at radius 1 is 1.17 bits per heavy atom. The number of carbonyl (C=O) groups is 1. The van der Waals surface area contributed by atoms with Crippen molar-refractivity contribution in [2.45, 2.75) is 32.5 Å². The van der Waals surface area contributed by atoms with Gasteiger partial charge in [0.05, 0.1) is 13.2 Å². The van der Waals surface area contributed by atoms with Crippen LogP contribution in [-0.4, -0.2) is 23.9 Å². The summed E-state index contributed by atoms with van der Waals surface area (Å²) < 4.78 is 25.9. The summed E-state index contributed by atoms with van der Waals surface area (Å²) in [6.07, 6.45) is 0. The number of halogens is 1. The highest BCUT2D eigenvalue weighted by Gasteiger charge is 2.59. The number of amides is 1. The van der Waals surface area contributed by atoms with E-state index in [0.29, 0.717) is 22.3 Å². The molecule has 2 N–H and O–H groups in total. The molecule has 180 valence electrons. The molecule has 0 spiro atoms. The second-order valence-electron chi connectivity index (χ2n) is 9.06. The van der Waals surface area contributed by atoms with Crippen LogP contribution in [-0.2, 0) is 4.79 Å². The fraction of sp³-hybridized carbons (Fsp3) is 0.259. The van der Waals surface area contributed by atoms with Gasteiger partial charge in [-0.25, -0.2) is 4.39 Å². The van der Waals surface area contributed by atoms with E-state index in [1.165, 1.54) is 12.1 Å². The van der Waals surface area contributed by atoms with Crippen LogP contribution >= 0.6 is 12.2 Å². The molecule has 3 aromatic rings. The number of nitrogens with one attached hydrogen (secondary N) is 2. The second-order valence-corrected chi connectivity index (χ2v) is 9.45. The standard InChI is InChI=1S/C27H26FN3O3S/c1-15-8-13-20(16(2)14-15)29-25(32)22-23-19-6-5-7-21(33-4)24(19)34-27(22,3)31(26(35)30-23)18-11-9-17(28)10-12-18/h5-14,22-23H,1-4H3,(H,29,32)(H,30,35).